The van der Waals surface area contributed by atoms with Crippen molar-refractivity contribution in [3.8, 4) is 0 Å². The summed E-state index contributed by atoms with van der Waals surface area (Å²) in [5.41, 5.74) is 0.477. The number of unbranched alkanes of at least 4 members (excludes halogenated alkanes) is 1. The van der Waals surface area contributed by atoms with Gasteiger partial charge in [-0.1, -0.05) is 6.07 Å². The first kappa shape index (κ1) is 15.6. The molecule has 0 saturated heterocycles. The van der Waals surface area contributed by atoms with E-state index < -0.39 is 16.0 Å². The molecule has 0 saturated carbocycles. The van der Waals surface area contributed by atoms with Crippen molar-refractivity contribution in [2.45, 2.75) is 24.7 Å². The number of sulfonamides is 1. The van der Waals surface area contributed by atoms with Crippen molar-refractivity contribution in [1.29, 1.82) is 0 Å². The molecule has 0 heterocycles. The molecule has 0 aromatic heterocycles. The predicted molar refractivity (Wildman–Crippen MR) is 69.6 cm³/mol. The van der Waals surface area contributed by atoms with Crippen LogP contribution in [-0.2, 0) is 10.0 Å². The van der Waals surface area contributed by atoms with Gasteiger partial charge in [-0.3, -0.25) is 0 Å². The Morgan fingerprint density at radius 2 is 2.00 bits per heavy atom. The Kier molecular flexibility index (Phi) is 5.46. The highest BCUT2D eigenvalue weighted by atomic mass is 32.2. The SMILES string of the molecule is Cc1ccc(S(=O)(=O)NCCCCO)cc1C(=O)O. The molecule has 1 rings (SSSR count). The van der Waals surface area contributed by atoms with Crippen LogP contribution in [0, 0.1) is 6.92 Å². The van der Waals surface area contributed by atoms with Crippen LogP contribution >= 0.6 is 0 Å². The third-order valence-electron chi connectivity index (χ3n) is 2.63. The van der Waals surface area contributed by atoms with Crippen LogP contribution < -0.4 is 4.72 Å². The standard InChI is InChI=1S/C12H17NO5S/c1-9-4-5-10(8-11(9)12(15)16)19(17,18)13-6-2-3-7-14/h4-5,8,13-14H,2-3,6-7H2,1H3,(H,15,16). The Labute approximate surface area is 112 Å². The van der Waals surface area contributed by atoms with Crippen molar-refractivity contribution in [1.82, 2.24) is 4.72 Å². The van der Waals surface area contributed by atoms with Gasteiger partial charge in [-0.05, 0) is 37.5 Å². The largest absolute Gasteiger partial charge is 0.478 e. The van der Waals surface area contributed by atoms with Crippen LogP contribution in [0.15, 0.2) is 23.1 Å². The van der Waals surface area contributed by atoms with Gasteiger partial charge in [-0.2, -0.15) is 0 Å². The van der Waals surface area contributed by atoms with Gasteiger partial charge in [0.2, 0.25) is 10.0 Å². The highest BCUT2D eigenvalue weighted by molar-refractivity contribution is 7.89. The quantitative estimate of drug-likeness (QED) is 0.642. The summed E-state index contributed by atoms with van der Waals surface area (Å²) in [5, 5.41) is 17.6. The third kappa shape index (κ3) is 4.30. The molecule has 0 radical (unpaired) electrons. The maximum Gasteiger partial charge on any atom is 0.335 e. The van der Waals surface area contributed by atoms with E-state index in [0.29, 0.717) is 18.4 Å². The van der Waals surface area contributed by atoms with E-state index in [4.69, 9.17) is 10.2 Å². The molecule has 7 heteroatoms. The van der Waals surface area contributed by atoms with E-state index >= 15 is 0 Å². The van der Waals surface area contributed by atoms with E-state index in [9.17, 15) is 13.2 Å². The number of rotatable bonds is 7. The number of carboxylic acid groups (broad SMARTS) is 1. The Morgan fingerprint density at radius 3 is 2.58 bits per heavy atom. The van der Waals surface area contributed by atoms with E-state index in [0.717, 1.165) is 6.07 Å². The minimum absolute atomic E-state index is 0.00935. The average Bonchev–Trinajstić information content (AvgIpc) is 2.34. The number of carboxylic acids is 1. The minimum Gasteiger partial charge on any atom is -0.478 e. The van der Waals surface area contributed by atoms with E-state index in [1.54, 1.807) is 6.92 Å². The van der Waals surface area contributed by atoms with E-state index in [1.165, 1.54) is 12.1 Å². The summed E-state index contributed by atoms with van der Waals surface area (Å²) in [4.78, 5) is 10.9. The molecule has 0 atom stereocenters. The summed E-state index contributed by atoms with van der Waals surface area (Å²) in [6.45, 7) is 1.82. The molecule has 1 aromatic rings. The molecule has 0 aliphatic carbocycles. The second kappa shape index (κ2) is 6.65. The molecule has 19 heavy (non-hydrogen) atoms. The Balaban J connectivity index is 2.89. The Bertz CT molecular complexity index is 553. The molecular weight excluding hydrogens is 270 g/mol. The van der Waals surface area contributed by atoms with Gasteiger partial charge in [0, 0.05) is 13.2 Å². The normalized spacial score (nSPS) is 11.5. The topological polar surface area (TPSA) is 104 Å². The fraction of sp³-hybridized carbons (Fsp3) is 0.417. The van der Waals surface area contributed by atoms with Gasteiger partial charge in [-0.25, -0.2) is 17.9 Å². The van der Waals surface area contributed by atoms with Crippen LogP contribution in [0.25, 0.3) is 0 Å². The highest BCUT2D eigenvalue weighted by Crippen LogP contribution is 2.15. The maximum atomic E-state index is 11.9. The summed E-state index contributed by atoms with van der Waals surface area (Å²) in [7, 11) is -3.71. The van der Waals surface area contributed by atoms with Crippen molar-refractivity contribution in [2.24, 2.45) is 0 Å². The second-order valence-electron chi connectivity index (χ2n) is 4.11. The number of aliphatic hydroxyl groups is 1. The summed E-state index contributed by atoms with van der Waals surface area (Å²) in [5.74, 6) is -1.16. The number of hydrogen-bond donors (Lipinski definition) is 3. The van der Waals surface area contributed by atoms with Crippen molar-refractivity contribution >= 4 is 16.0 Å². The monoisotopic (exact) mass is 287 g/mol. The summed E-state index contributed by atoms with van der Waals surface area (Å²) < 4.78 is 26.2. The molecule has 0 aliphatic rings. The smallest absolute Gasteiger partial charge is 0.335 e. The summed E-state index contributed by atoms with van der Waals surface area (Å²) in [6.07, 6.45) is 1.03. The minimum atomic E-state index is -3.71. The summed E-state index contributed by atoms with van der Waals surface area (Å²) in [6, 6.07) is 3.98. The lowest BCUT2D eigenvalue weighted by Gasteiger charge is -2.08. The number of aryl methyl sites for hydroxylation is 1. The van der Waals surface area contributed by atoms with Gasteiger partial charge < -0.3 is 10.2 Å². The maximum absolute atomic E-state index is 11.9. The molecule has 106 valence electrons. The molecule has 1 aromatic carbocycles. The zero-order valence-electron chi connectivity index (χ0n) is 10.6. The fourth-order valence-electron chi connectivity index (χ4n) is 1.53. The lowest BCUT2D eigenvalue weighted by Crippen LogP contribution is -2.25. The zero-order chi connectivity index (χ0) is 14.5. The van der Waals surface area contributed by atoms with E-state index in [2.05, 4.69) is 4.72 Å². The number of carbonyl (C=O) groups is 1. The number of hydrogen-bond acceptors (Lipinski definition) is 4. The molecule has 3 N–H and O–H groups in total. The molecule has 0 spiro atoms. The number of benzene rings is 1. The van der Waals surface area contributed by atoms with Crippen molar-refractivity contribution in [2.75, 3.05) is 13.2 Å². The molecule has 0 amide bonds. The zero-order valence-corrected chi connectivity index (χ0v) is 11.4. The van der Waals surface area contributed by atoms with Gasteiger partial charge in [0.1, 0.15) is 0 Å². The van der Waals surface area contributed by atoms with Crippen LogP contribution in [0.1, 0.15) is 28.8 Å². The third-order valence-corrected chi connectivity index (χ3v) is 4.09. The lowest BCUT2D eigenvalue weighted by atomic mass is 10.1. The van der Waals surface area contributed by atoms with Crippen LogP contribution in [0.4, 0.5) is 0 Å². The van der Waals surface area contributed by atoms with Crippen molar-refractivity contribution in [3.05, 3.63) is 29.3 Å². The molecular formula is C12H17NO5S. The molecule has 0 fully saturated rings. The Hall–Kier alpha value is -1.44. The van der Waals surface area contributed by atoms with Gasteiger partial charge >= 0.3 is 5.97 Å². The molecule has 0 unspecified atom stereocenters. The van der Waals surface area contributed by atoms with Crippen LogP contribution in [-0.4, -0.2) is 37.8 Å². The first-order valence-corrected chi connectivity index (χ1v) is 7.31. The fourth-order valence-corrected chi connectivity index (χ4v) is 2.63. The van der Waals surface area contributed by atoms with Crippen molar-refractivity contribution in [3.63, 3.8) is 0 Å². The van der Waals surface area contributed by atoms with E-state index in [1.807, 2.05) is 0 Å². The highest BCUT2D eigenvalue weighted by Gasteiger charge is 2.17. The predicted octanol–water partition coefficient (Wildman–Crippen LogP) is 0.744. The van der Waals surface area contributed by atoms with E-state index in [-0.39, 0.29) is 23.6 Å². The number of aliphatic hydroxyl groups excluding tert-OH is 1. The first-order valence-electron chi connectivity index (χ1n) is 5.83. The molecule has 0 aliphatic heterocycles. The van der Waals surface area contributed by atoms with Crippen LogP contribution in [0.2, 0.25) is 0 Å². The van der Waals surface area contributed by atoms with Crippen LogP contribution in [0.3, 0.4) is 0 Å². The van der Waals surface area contributed by atoms with Crippen molar-refractivity contribution < 1.29 is 23.4 Å². The second-order valence-corrected chi connectivity index (χ2v) is 5.88. The molecule has 0 bridgehead atoms. The van der Waals surface area contributed by atoms with Gasteiger partial charge in [-0.15, -0.1) is 0 Å². The van der Waals surface area contributed by atoms with Gasteiger partial charge in [0.25, 0.3) is 0 Å². The number of aromatic carboxylic acids is 1. The summed E-state index contributed by atoms with van der Waals surface area (Å²) >= 11 is 0. The average molecular weight is 287 g/mol. The first-order chi connectivity index (χ1) is 8.88. The Morgan fingerprint density at radius 1 is 1.32 bits per heavy atom. The van der Waals surface area contributed by atoms with Crippen LogP contribution in [0.5, 0.6) is 0 Å². The number of nitrogens with one attached hydrogen (secondary N) is 1. The molecule has 6 nitrogen and oxygen atoms in total. The lowest BCUT2D eigenvalue weighted by molar-refractivity contribution is 0.0696. The van der Waals surface area contributed by atoms with Gasteiger partial charge in [0.15, 0.2) is 0 Å². The van der Waals surface area contributed by atoms with Gasteiger partial charge in [0.05, 0.1) is 10.5 Å².